The lowest BCUT2D eigenvalue weighted by Crippen LogP contribution is -2.31. The number of anilines is 1. The molecule has 1 aromatic heterocycles. The zero-order chi connectivity index (χ0) is 16.1. The Balaban J connectivity index is 1.99. The molecule has 0 aliphatic carbocycles. The minimum absolute atomic E-state index is 0.201. The Morgan fingerprint density at radius 3 is 2.64 bits per heavy atom. The predicted molar refractivity (Wildman–Crippen MR) is 90.1 cm³/mol. The highest BCUT2D eigenvalue weighted by molar-refractivity contribution is 9.10. The molecule has 2 aromatic rings. The van der Waals surface area contributed by atoms with Gasteiger partial charge in [0.15, 0.2) is 6.10 Å². The van der Waals surface area contributed by atoms with Crippen molar-refractivity contribution in [2.24, 2.45) is 0 Å². The average Bonchev–Trinajstić information content (AvgIpc) is 2.96. The van der Waals surface area contributed by atoms with Gasteiger partial charge in [-0.1, -0.05) is 22.9 Å². The van der Waals surface area contributed by atoms with Gasteiger partial charge in [0.1, 0.15) is 11.6 Å². The molecule has 2 rings (SSSR count). The molecular formula is C16H20BrN3O2. The number of ether oxygens (including phenoxy) is 1. The maximum Gasteiger partial charge on any atom is 0.266 e. The first kappa shape index (κ1) is 16.5. The third-order valence-corrected chi connectivity index (χ3v) is 3.95. The summed E-state index contributed by atoms with van der Waals surface area (Å²) in [5.74, 6) is 1.14. The molecule has 0 aliphatic rings. The van der Waals surface area contributed by atoms with Gasteiger partial charge in [0.05, 0.1) is 12.2 Å². The van der Waals surface area contributed by atoms with E-state index < -0.39 is 6.10 Å². The number of halogens is 1. The van der Waals surface area contributed by atoms with Gasteiger partial charge >= 0.3 is 0 Å². The zero-order valence-corrected chi connectivity index (χ0v) is 14.5. The summed E-state index contributed by atoms with van der Waals surface area (Å²) in [5, 5.41) is 7.11. The van der Waals surface area contributed by atoms with Crippen LogP contribution in [0.4, 0.5) is 5.82 Å². The van der Waals surface area contributed by atoms with Crippen molar-refractivity contribution in [3.63, 3.8) is 0 Å². The predicted octanol–water partition coefficient (Wildman–Crippen LogP) is 4.02. The molecule has 1 amide bonds. The topological polar surface area (TPSA) is 56.2 Å². The average molecular weight is 366 g/mol. The van der Waals surface area contributed by atoms with Crippen molar-refractivity contribution in [1.29, 1.82) is 0 Å². The summed E-state index contributed by atoms with van der Waals surface area (Å²) in [6.07, 6.45) is 2.03. The monoisotopic (exact) mass is 365 g/mol. The third kappa shape index (κ3) is 4.10. The highest BCUT2D eigenvalue weighted by Crippen LogP contribution is 2.19. The summed E-state index contributed by atoms with van der Waals surface area (Å²) in [6, 6.07) is 9.40. The Kier molecular flexibility index (Phi) is 5.60. The lowest BCUT2D eigenvalue weighted by molar-refractivity contribution is -0.122. The Labute approximate surface area is 138 Å². The molecule has 5 nitrogen and oxygen atoms in total. The van der Waals surface area contributed by atoms with Gasteiger partial charge < -0.3 is 10.1 Å². The van der Waals surface area contributed by atoms with Crippen molar-refractivity contribution in [1.82, 2.24) is 9.78 Å². The van der Waals surface area contributed by atoms with Crippen LogP contribution in [-0.4, -0.2) is 21.8 Å². The quantitative estimate of drug-likeness (QED) is 0.840. The SMILES string of the molecule is CCC(C)n1nccc1NC(=O)C(C)Oc1ccc(Br)cc1. The second-order valence-corrected chi connectivity index (χ2v) is 6.04. The normalized spacial score (nSPS) is 13.5. The number of hydrogen-bond donors (Lipinski definition) is 1. The molecule has 1 aromatic carbocycles. The van der Waals surface area contributed by atoms with E-state index in [-0.39, 0.29) is 11.9 Å². The van der Waals surface area contributed by atoms with Crippen LogP contribution in [0.25, 0.3) is 0 Å². The van der Waals surface area contributed by atoms with Gasteiger partial charge in [0.2, 0.25) is 0 Å². The molecule has 1 N–H and O–H groups in total. The third-order valence-electron chi connectivity index (χ3n) is 3.43. The summed E-state index contributed by atoms with van der Waals surface area (Å²) in [5.41, 5.74) is 0. The molecule has 0 saturated heterocycles. The first-order chi connectivity index (χ1) is 10.5. The Morgan fingerprint density at radius 1 is 1.32 bits per heavy atom. The Bertz CT molecular complexity index is 625. The largest absolute Gasteiger partial charge is 0.481 e. The molecular weight excluding hydrogens is 346 g/mol. The van der Waals surface area contributed by atoms with E-state index in [1.165, 1.54) is 0 Å². The van der Waals surface area contributed by atoms with Crippen molar-refractivity contribution in [3.05, 3.63) is 41.0 Å². The summed E-state index contributed by atoms with van der Waals surface area (Å²) in [4.78, 5) is 12.3. The number of carbonyl (C=O) groups excluding carboxylic acids is 1. The van der Waals surface area contributed by atoms with Gasteiger partial charge in [0, 0.05) is 10.5 Å². The molecule has 118 valence electrons. The molecule has 22 heavy (non-hydrogen) atoms. The fraction of sp³-hybridized carbons (Fsp3) is 0.375. The van der Waals surface area contributed by atoms with E-state index >= 15 is 0 Å². The summed E-state index contributed by atoms with van der Waals surface area (Å²) in [7, 11) is 0. The van der Waals surface area contributed by atoms with E-state index in [1.54, 1.807) is 19.2 Å². The van der Waals surface area contributed by atoms with E-state index in [1.807, 2.05) is 28.9 Å². The van der Waals surface area contributed by atoms with Gasteiger partial charge in [-0.2, -0.15) is 5.10 Å². The molecule has 1 heterocycles. The van der Waals surface area contributed by atoms with Crippen LogP contribution in [0.15, 0.2) is 41.0 Å². The molecule has 0 bridgehead atoms. The van der Waals surface area contributed by atoms with Crippen molar-refractivity contribution >= 4 is 27.7 Å². The Hall–Kier alpha value is -1.82. The number of benzene rings is 1. The highest BCUT2D eigenvalue weighted by Gasteiger charge is 2.17. The second-order valence-electron chi connectivity index (χ2n) is 5.12. The molecule has 0 radical (unpaired) electrons. The summed E-state index contributed by atoms with van der Waals surface area (Å²) in [6.45, 7) is 5.86. The number of aromatic nitrogens is 2. The van der Waals surface area contributed by atoms with Gasteiger partial charge in [-0.25, -0.2) is 4.68 Å². The van der Waals surface area contributed by atoms with Gasteiger partial charge in [-0.05, 0) is 44.5 Å². The molecule has 0 saturated carbocycles. The fourth-order valence-electron chi connectivity index (χ4n) is 1.94. The van der Waals surface area contributed by atoms with Crippen molar-refractivity contribution < 1.29 is 9.53 Å². The molecule has 0 spiro atoms. The van der Waals surface area contributed by atoms with Crippen LogP contribution >= 0.6 is 15.9 Å². The van der Waals surface area contributed by atoms with Crippen LogP contribution in [0.2, 0.25) is 0 Å². The van der Waals surface area contributed by atoms with E-state index in [0.717, 1.165) is 10.9 Å². The molecule has 0 aliphatic heterocycles. The lowest BCUT2D eigenvalue weighted by atomic mass is 10.3. The zero-order valence-electron chi connectivity index (χ0n) is 12.9. The summed E-state index contributed by atoms with van der Waals surface area (Å²) >= 11 is 3.36. The van der Waals surface area contributed by atoms with E-state index in [4.69, 9.17) is 4.74 Å². The number of hydrogen-bond acceptors (Lipinski definition) is 3. The van der Waals surface area contributed by atoms with Gasteiger partial charge in [-0.3, -0.25) is 4.79 Å². The minimum Gasteiger partial charge on any atom is -0.481 e. The number of amides is 1. The van der Waals surface area contributed by atoms with E-state index in [0.29, 0.717) is 11.6 Å². The number of rotatable bonds is 6. The van der Waals surface area contributed by atoms with Gasteiger partial charge in [0.25, 0.3) is 5.91 Å². The molecule has 2 atom stereocenters. The van der Waals surface area contributed by atoms with Crippen LogP contribution in [0.3, 0.4) is 0 Å². The molecule has 2 unspecified atom stereocenters. The van der Waals surface area contributed by atoms with Crippen LogP contribution in [-0.2, 0) is 4.79 Å². The first-order valence-electron chi connectivity index (χ1n) is 7.28. The second kappa shape index (κ2) is 7.45. The number of nitrogens with one attached hydrogen (secondary N) is 1. The highest BCUT2D eigenvalue weighted by atomic mass is 79.9. The Morgan fingerprint density at radius 2 is 2.00 bits per heavy atom. The van der Waals surface area contributed by atoms with Gasteiger partial charge in [-0.15, -0.1) is 0 Å². The maximum absolute atomic E-state index is 12.3. The van der Waals surface area contributed by atoms with Crippen LogP contribution < -0.4 is 10.1 Å². The fourth-order valence-corrected chi connectivity index (χ4v) is 2.20. The van der Waals surface area contributed by atoms with Crippen LogP contribution in [0.1, 0.15) is 33.2 Å². The van der Waals surface area contributed by atoms with Crippen LogP contribution in [0.5, 0.6) is 5.75 Å². The minimum atomic E-state index is -0.596. The van der Waals surface area contributed by atoms with Crippen LogP contribution in [0, 0.1) is 0 Å². The number of carbonyl (C=O) groups is 1. The molecule has 0 fully saturated rings. The smallest absolute Gasteiger partial charge is 0.266 e. The first-order valence-corrected chi connectivity index (χ1v) is 8.07. The lowest BCUT2D eigenvalue weighted by Gasteiger charge is -2.17. The van der Waals surface area contributed by atoms with Crippen molar-refractivity contribution in [2.45, 2.75) is 39.3 Å². The maximum atomic E-state index is 12.3. The standard InChI is InChI=1S/C16H20BrN3O2/c1-4-11(2)20-15(9-10-18-20)19-16(21)12(3)22-14-7-5-13(17)6-8-14/h5-12H,4H2,1-3H3,(H,19,21). The van der Waals surface area contributed by atoms with E-state index in [2.05, 4.69) is 40.2 Å². The van der Waals surface area contributed by atoms with Crippen molar-refractivity contribution in [2.75, 3.05) is 5.32 Å². The van der Waals surface area contributed by atoms with Crippen molar-refractivity contribution in [3.8, 4) is 5.75 Å². The number of nitrogens with zero attached hydrogens (tertiary/aromatic N) is 2. The summed E-state index contributed by atoms with van der Waals surface area (Å²) < 4.78 is 8.42. The van der Waals surface area contributed by atoms with E-state index in [9.17, 15) is 4.79 Å². The molecule has 6 heteroatoms.